The number of aromatic amines is 1. The molecule has 1 N–H and O–H groups in total. The van der Waals surface area contributed by atoms with Crippen molar-refractivity contribution < 1.29 is 13.2 Å². The molecule has 0 aliphatic carbocycles. The van der Waals surface area contributed by atoms with Gasteiger partial charge in [0.05, 0.1) is 4.90 Å². The Hall–Kier alpha value is -2.16. The van der Waals surface area contributed by atoms with Crippen LogP contribution in [0.25, 0.3) is 10.9 Å². The Morgan fingerprint density at radius 1 is 1.03 bits per heavy atom. The first kappa shape index (κ1) is 20.1. The normalized spacial score (nSPS) is 15.7. The summed E-state index contributed by atoms with van der Waals surface area (Å²) in [6.07, 6.45) is 3.04. The van der Waals surface area contributed by atoms with Crippen molar-refractivity contribution in [2.75, 3.05) is 26.2 Å². The summed E-state index contributed by atoms with van der Waals surface area (Å²) in [6, 6.07) is 14.8. The second-order valence-corrected chi connectivity index (χ2v) is 9.96. The number of para-hydroxylation sites is 1. The van der Waals surface area contributed by atoms with Crippen LogP contribution in [-0.2, 0) is 21.2 Å². The van der Waals surface area contributed by atoms with Gasteiger partial charge in [-0.2, -0.15) is 4.31 Å². The molecule has 8 heteroatoms. The van der Waals surface area contributed by atoms with Crippen LogP contribution in [0.4, 0.5) is 0 Å². The van der Waals surface area contributed by atoms with Crippen molar-refractivity contribution in [3.05, 3.63) is 64.8 Å². The number of piperazine rings is 1. The Labute approximate surface area is 178 Å². The van der Waals surface area contributed by atoms with Crippen LogP contribution >= 0.6 is 15.9 Å². The fourth-order valence-corrected chi connectivity index (χ4v) is 5.71. The lowest BCUT2D eigenvalue weighted by molar-refractivity contribution is -0.132. The van der Waals surface area contributed by atoms with Gasteiger partial charge in [-0.1, -0.05) is 40.2 Å². The third kappa shape index (κ3) is 4.24. The number of sulfonamides is 1. The van der Waals surface area contributed by atoms with Gasteiger partial charge >= 0.3 is 0 Å². The second kappa shape index (κ2) is 8.30. The van der Waals surface area contributed by atoms with Gasteiger partial charge in [-0.3, -0.25) is 4.79 Å². The van der Waals surface area contributed by atoms with E-state index in [-0.39, 0.29) is 10.8 Å². The van der Waals surface area contributed by atoms with E-state index in [0.29, 0.717) is 39.0 Å². The predicted molar refractivity (Wildman–Crippen MR) is 116 cm³/mol. The van der Waals surface area contributed by atoms with E-state index in [1.807, 2.05) is 24.4 Å². The van der Waals surface area contributed by atoms with Crippen LogP contribution in [0.1, 0.15) is 12.0 Å². The van der Waals surface area contributed by atoms with Gasteiger partial charge in [0.25, 0.3) is 0 Å². The molecule has 6 nitrogen and oxygen atoms in total. The number of hydrogen-bond donors (Lipinski definition) is 1. The van der Waals surface area contributed by atoms with Crippen LogP contribution < -0.4 is 0 Å². The summed E-state index contributed by atoms with van der Waals surface area (Å²) < 4.78 is 27.8. The van der Waals surface area contributed by atoms with Gasteiger partial charge < -0.3 is 9.88 Å². The van der Waals surface area contributed by atoms with Crippen molar-refractivity contribution in [1.82, 2.24) is 14.2 Å². The number of amides is 1. The third-order valence-electron chi connectivity index (χ3n) is 5.31. The van der Waals surface area contributed by atoms with Crippen molar-refractivity contribution in [3.63, 3.8) is 0 Å². The number of fused-ring (bicyclic) bond motifs is 1. The zero-order valence-electron chi connectivity index (χ0n) is 15.8. The smallest absolute Gasteiger partial charge is 0.243 e. The highest BCUT2D eigenvalue weighted by molar-refractivity contribution is 9.10. The van der Waals surface area contributed by atoms with Crippen LogP contribution in [0.15, 0.2) is 64.1 Å². The van der Waals surface area contributed by atoms with E-state index >= 15 is 0 Å². The Balaban J connectivity index is 1.35. The molecule has 1 aromatic heterocycles. The fourth-order valence-electron chi connectivity index (χ4n) is 3.69. The van der Waals surface area contributed by atoms with Crippen LogP contribution in [0.3, 0.4) is 0 Å². The molecule has 0 unspecified atom stereocenters. The lowest BCUT2D eigenvalue weighted by Crippen LogP contribution is -2.50. The Kier molecular flexibility index (Phi) is 5.76. The molecular formula is C21H22BrN3O3S. The van der Waals surface area contributed by atoms with Gasteiger partial charge in [-0.05, 0) is 36.2 Å². The zero-order chi connectivity index (χ0) is 20.4. The average molecular weight is 476 g/mol. The van der Waals surface area contributed by atoms with E-state index in [4.69, 9.17) is 0 Å². The average Bonchev–Trinajstić information content (AvgIpc) is 3.15. The predicted octanol–water partition coefficient (Wildman–Crippen LogP) is 3.40. The number of carbonyl (C=O) groups is 1. The number of hydrogen-bond acceptors (Lipinski definition) is 3. The maximum absolute atomic E-state index is 12.8. The minimum Gasteiger partial charge on any atom is -0.361 e. The van der Waals surface area contributed by atoms with Crippen molar-refractivity contribution in [3.8, 4) is 0 Å². The molecule has 0 radical (unpaired) electrons. The molecule has 152 valence electrons. The lowest BCUT2D eigenvalue weighted by Gasteiger charge is -2.34. The molecule has 3 aromatic rings. The number of aromatic nitrogens is 1. The van der Waals surface area contributed by atoms with E-state index in [0.717, 1.165) is 20.9 Å². The number of H-pyrrole nitrogens is 1. The number of rotatable bonds is 5. The molecule has 2 heterocycles. The fraction of sp³-hybridized carbons (Fsp3) is 0.286. The van der Waals surface area contributed by atoms with Crippen molar-refractivity contribution >= 4 is 42.8 Å². The number of nitrogens with zero attached hydrogens (tertiary/aromatic N) is 2. The van der Waals surface area contributed by atoms with E-state index < -0.39 is 10.0 Å². The largest absolute Gasteiger partial charge is 0.361 e. The zero-order valence-corrected chi connectivity index (χ0v) is 18.2. The highest BCUT2D eigenvalue weighted by Crippen LogP contribution is 2.22. The molecule has 1 saturated heterocycles. The number of nitrogens with one attached hydrogen (secondary N) is 1. The first-order valence-corrected chi connectivity index (χ1v) is 11.8. The molecule has 1 aliphatic rings. The van der Waals surface area contributed by atoms with Crippen LogP contribution in [0, 0.1) is 0 Å². The number of carbonyl (C=O) groups excluding carboxylic acids is 1. The molecule has 0 spiro atoms. The van der Waals surface area contributed by atoms with Crippen molar-refractivity contribution in [2.24, 2.45) is 0 Å². The highest BCUT2D eigenvalue weighted by Gasteiger charge is 2.30. The van der Waals surface area contributed by atoms with Crippen molar-refractivity contribution in [2.45, 2.75) is 17.7 Å². The van der Waals surface area contributed by atoms with Gasteiger partial charge in [-0.25, -0.2) is 8.42 Å². The summed E-state index contributed by atoms with van der Waals surface area (Å²) in [4.78, 5) is 17.9. The topological polar surface area (TPSA) is 73.5 Å². The van der Waals surface area contributed by atoms with Gasteiger partial charge in [0.1, 0.15) is 0 Å². The van der Waals surface area contributed by atoms with Crippen LogP contribution in [0.5, 0.6) is 0 Å². The molecule has 2 aromatic carbocycles. The third-order valence-corrected chi connectivity index (χ3v) is 7.70. The quantitative estimate of drug-likeness (QED) is 0.614. The monoisotopic (exact) mass is 475 g/mol. The second-order valence-electron chi connectivity index (χ2n) is 7.10. The summed E-state index contributed by atoms with van der Waals surface area (Å²) >= 11 is 3.32. The van der Waals surface area contributed by atoms with Crippen LogP contribution in [-0.4, -0.2) is 54.7 Å². The van der Waals surface area contributed by atoms with Gasteiger partial charge in [-0.15, -0.1) is 0 Å². The summed E-state index contributed by atoms with van der Waals surface area (Å²) in [5, 5.41) is 1.14. The molecule has 0 atom stereocenters. The Morgan fingerprint density at radius 2 is 1.79 bits per heavy atom. The van der Waals surface area contributed by atoms with E-state index in [2.05, 4.69) is 27.0 Å². The SMILES string of the molecule is O=C(CCc1c[nH]c2ccccc12)N1CCN(S(=O)(=O)c2cccc(Br)c2)CC1. The molecule has 29 heavy (non-hydrogen) atoms. The number of aryl methyl sites for hydroxylation is 1. The lowest BCUT2D eigenvalue weighted by atomic mass is 10.1. The summed E-state index contributed by atoms with van der Waals surface area (Å²) in [7, 11) is -3.54. The first-order valence-electron chi connectivity index (χ1n) is 9.53. The highest BCUT2D eigenvalue weighted by atomic mass is 79.9. The number of benzene rings is 2. The van der Waals surface area contributed by atoms with E-state index in [9.17, 15) is 13.2 Å². The molecule has 0 bridgehead atoms. The first-order chi connectivity index (χ1) is 13.9. The molecule has 1 amide bonds. The minimum atomic E-state index is -3.54. The maximum atomic E-state index is 12.8. The number of halogens is 1. The van der Waals surface area contributed by atoms with Gasteiger partial charge in [0.2, 0.25) is 15.9 Å². The van der Waals surface area contributed by atoms with Gasteiger partial charge in [0, 0.05) is 54.2 Å². The van der Waals surface area contributed by atoms with E-state index in [1.54, 1.807) is 29.2 Å². The molecule has 1 aliphatic heterocycles. The maximum Gasteiger partial charge on any atom is 0.243 e. The summed E-state index contributed by atoms with van der Waals surface area (Å²) in [5.74, 6) is 0.0646. The molecular weight excluding hydrogens is 454 g/mol. The Bertz CT molecular complexity index is 1130. The minimum absolute atomic E-state index is 0.0646. The molecule has 4 rings (SSSR count). The summed E-state index contributed by atoms with van der Waals surface area (Å²) in [5.41, 5.74) is 2.20. The van der Waals surface area contributed by atoms with Gasteiger partial charge in [0.15, 0.2) is 0 Å². The summed E-state index contributed by atoms with van der Waals surface area (Å²) in [6.45, 7) is 1.46. The molecule has 1 fully saturated rings. The standard InChI is InChI=1S/C21H22BrN3O3S/c22-17-4-3-5-18(14-17)29(27,28)25-12-10-24(11-13-25)21(26)9-8-16-15-23-20-7-2-1-6-19(16)20/h1-7,14-15,23H,8-13H2. The Morgan fingerprint density at radius 3 is 2.55 bits per heavy atom. The van der Waals surface area contributed by atoms with Crippen molar-refractivity contribution in [1.29, 1.82) is 0 Å². The molecule has 0 saturated carbocycles. The van der Waals surface area contributed by atoms with E-state index in [1.165, 1.54) is 4.31 Å². The van der Waals surface area contributed by atoms with Crippen LogP contribution in [0.2, 0.25) is 0 Å².